The van der Waals surface area contributed by atoms with Gasteiger partial charge in [-0.05, 0) is 25.6 Å². The van der Waals surface area contributed by atoms with Crippen LogP contribution in [0.3, 0.4) is 0 Å². The van der Waals surface area contributed by atoms with Crippen LogP contribution in [0.1, 0.15) is 20.3 Å². The molecule has 0 aliphatic rings. The van der Waals surface area contributed by atoms with Crippen LogP contribution in [-0.4, -0.2) is 36.9 Å². The number of nitrogens with one attached hydrogen (secondary N) is 1. The summed E-state index contributed by atoms with van der Waals surface area (Å²) in [5, 5.41) is 12.2. The molecule has 1 rings (SSSR count). The van der Waals surface area contributed by atoms with Gasteiger partial charge in [-0.15, -0.1) is 0 Å². The van der Waals surface area contributed by atoms with E-state index in [0.29, 0.717) is 31.1 Å². The highest BCUT2D eigenvalue weighted by Gasteiger charge is 2.31. The predicted octanol–water partition coefficient (Wildman–Crippen LogP) is 1.92. The average molecular weight is 267 g/mol. The topological polar surface area (TPSA) is 67.8 Å². The maximum absolute atomic E-state index is 11.2. The Balaban J connectivity index is 2.54. The van der Waals surface area contributed by atoms with Crippen molar-refractivity contribution in [3.8, 4) is 11.5 Å². The minimum atomic E-state index is -0.965. The third-order valence-electron chi connectivity index (χ3n) is 2.95. The number of hydrogen-bond donors (Lipinski definition) is 2. The second kappa shape index (κ2) is 6.99. The minimum Gasteiger partial charge on any atom is -0.497 e. The van der Waals surface area contributed by atoms with Crippen LogP contribution in [0, 0.1) is 0 Å². The molecule has 1 aromatic rings. The summed E-state index contributed by atoms with van der Waals surface area (Å²) < 4.78 is 10.6. The van der Waals surface area contributed by atoms with Gasteiger partial charge in [-0.3, -0.25) is 4.79 Å². The Morgan fingerprint density at radius 1 is 1.42 bits per heavy atom. The van der Waals surface area contributed by atoms with Gasteiger partial charge in [0.15, 0.2) is 0 Å². The first-order valence-electron chi connectivity index (χ1n) is 6.27. The Bertz CT molecular complexity index is 422. The van der Waals surface area contributed by atoms with Gasteiger partial charge in [0.2, 0.25) is 0 Å². The van der Waals surface area contributed by atoms with Crippen molar-refractivity contribution >= 4 is 5.97 Å². The molecule has 1 aromatic carbocycles. The molecule has 5 heteroatoms. The summed E-state index contributed by atoms with van der Waals surface area (Å²) in [6, 6.07) is 7.24. The number of rotatable bonds is 8. The maximum atomic E-state index is 11.2. The first-order chi connectivity index (χ1) is 9.01. The summed E-state index contributed by atoms with van der Waals surface area (Å²) >= 11 is 0. The lowest BCUT2D eigenvalue weighted by Crippen LogP contribution is -2.50. The number of carboxylic acid groups (broad SMARTS) is 1. The largest absolute Gasteiger partial charge is 0.497 e. The predicted molar refractivity (Wildman–Crippen MR) is 72.8 cm³/mol. The summed E-state index contributed by atoms with van der Waals surface area (Å²) in [5.74, 6) is 0.511. The Kier molecular flexibility index (Phi) is 5.63. The zero-order valence-electron chi connectivity index (χ0n) is 11.6. The van der Waals surface area contributed by atoms with Gasteiger partial charge in [0, 0.05) is 12.5 Å². The van der Waals surface area contributed by atoms with E-state index in [1.807, 2.05) is 25.1 Å². The zero-order valence-corrected chi connectivity index (χ0v) is 11.6. The summed E-state index contributed by atoms with van der Waals surface area (Å²) in [6.07, 6.45) is 0.382. The number of aliphatic carboxylic acids is 1. The smallest absolute Gasteiger partial charge is 0.323 e. The normalized spacial score (nSPS) is 13.6. The summed E-state index contributed by atoms with van der Waals surface area (Å²) in [4.78, 5) is 11.2. The van der Waals surface area contributed by atoms with Crippen molar-refractivity contribution in [1.29, 1.82) is 0 Å². The quantitative estimate of drug-likeness (QED) is 0.753. The molecule has 1 unspecified atom stereocenters. The van der Waals surface area contributed by atoms with Gasteiger partial charge in [0.05, 0.1) is 13.7 Å². The molecular weight excluding hydrogens is 246 g/mol. The van der Waals surface area contributed by atoms with Crippen molar-refractivity contribution in [3.63, 3.8) is 0 Å². The third-order valence-corrected chi connectivity index (χ3v) is 2.95. The number of carbonyl (C=O) groups is 1. The average Bonchev–Trinajstić information content (AvgIpc) is 2.39. The van der Waals surface area contributed by atoms with Crippen LogP contribution in [0.2, 0.25) is 0 Å². The van der Waals surface area contributed by atoms with Crippen LogP contribution in [0.25, 0.3) is 0 Å². The van der Waals surface area contributed by atoms with E-state index in [1.165, 1.54) is 0 Å². The molecule has 2 N–H and O–H groups in total. The Hall–Kier alpha value is -1.75. The van der Waals surface area contributed by atoms with Gasteiger partial charge in [0.25, 0.3) is 0 Å². The van der Waals surface area contributed by atoms with Gasteiger partial charge in [-0.1, -0.05) is 13.0 Å². The second-order valence-electron chi connectivity index (χ2n) is 4.45. The van der Waals surface area contributed by atoms with Crippen molar-refractivity contribution in [2.45, 2.75) is 25.8 Å². The number of carboxylic acids is 1. The van der Waals surface area contributed by atoms with E-state index < -0.39 is 11.5 Å². The molecule has 0 fully saturated rings. The number of likely N-dealkylation sites (N-methyl/N-ethyl adjacent to an activating group) is 1. The molecule has 1 atom stereocenters. The number of methoxy groups -OCH3 is 1. The molecule has 0 radical (unpaired) electrons. The van der Waals surface area contributed by atoms with Crippen LogP contribution >= 0.6 is 0 Å². The first kappa shape index (κ1) is 15.3. The summed E-state index contributed by atoms with van der Waals surface area (Å²) in [7, 11) is 1.59. The van der Waals surface area contributed by atoms with E-state index >= 15 is 0 Å². The van der Waals surface area contributed by atoms with Gasteiger partial charge in [-0.25, -0.2) is 0 Å². The summed E-state index contributed by atoms with van der Waals surface area (Å²) in [5.41, 5.74) is -0.965. The highest BCUT2D eigenvalue weighted by Crippen LogP contribution is 2.20. The van der Waals surface area contributed by atoms with E-state index in [0.717, 1.165) is 0 Å². The molecule has 0 bridgehead atoms. The van der Waals surface area contributed by atoms with Crippen molar-refractivity contribution in [3.05, 3.63) is 24.3 Å². The Morgan fingerprint density at radius 3 is 2.68 bits per heavy atom. The first-order valence-corrected chi connectivity index (χ1v) is 6.27. The fourth-order valence-electron chi connectivity index (χ4n) is 1.73. The van der Waals surface area contributed by atoms with Crippen molar-refractivity contribution in [2.75, 3.05) is 20.3 Å². The molecule has 0 spiro atoms. The van der Waals surface area contributed by atoms with E-state index in [9.17, 15) is 9.90 Å². The maximum Gasteiger partial charge on any atom is 0.323 e. The van der Waals surface area contributed by atoms with Crippen LogP contribution in [0.15, 0.2) is 24.3 Å². The molecule has 0 aliphatic heterocycles. The van der Waals surface area contributed by atoms with Crippen molar-refractivity contribution < 1.29 is 19.4 Å². The summed E-state index contributed by atoms with van der Waals surface area (Å²) in [6.45, 7) is 4.46. The van der Waals surface area contributed by atoms with E-state index in [-0.39, 0.29) is 0 Å². The minimum absolute atomic E-state index is 0.322. The molecule has 106 valence electrons. The number of hydrogen-bond acceptors (Lipinski definition) is 4. The van der Waals surface area contributed by atoms with Gasteiger partial charge in [-0.2, -0.15) is 0 Å². The monoisotopic (exact) mass is 267 g/mol. The molecule has 0 aromatic heterocycles. The van der Waals surface area contributed by atoms with E-state index in [4.69, 9.17) is 9.47 Å². The highest BCUT2D eigenvalue weighted by atomic mass is 16.5. The number of ether oxygens (including phenoxy) is 2. The Labute approximate surface area is 113 Å². The van der Waals surface area contributed by atoms with Crippen molar-refractivity contribution in [1.82, 2.24) is 5.32 Å². The molecule has 0 aliphatic carbocycles. The fraction of sp³-hybridized carbons (Fsp3) is 0.500. The van der Waals surface area contributed by atoms with Crippen LogP contribution < -0.4 is 14.8 Å². The third kappa shape index (κ3) is 4.44. The molecule has 0 amide bonds. The second-order valence-corrected chi connectivity index (χ2v) is 4.45. The van der Waals surface area contributed by atoms with Crippen LogP contribution in [-0.2, 0) is 4.79 Å². The van der Waals surface area contributed by atoms with E-state index in [1.54, 1.807) is 20.1 Å². The highest BCUT2D eigenvalue weighted by molar-refractivity contribution is 5.78. The van der Waals surface area contributed by atoms with E-state index in [2.05, 4.69) is 5.32 Å². The zero-order chi connectivity index (χ0) is 14.3. The van der Waals surface area contributed by atoms with Crippen LogP contribution in [0.4, 0.5) is 0 Å². The van der Waals surface area contributed by atoms with Gasteiger partial charge >= 0.3 is 5.97 Å². The van der Waals surface area contributed by atoms with Gasteiger partial charge in [0.1, 0.15) is 17.0 Å². The molecular formula is C14H21NO4. The standard InChI is InChI=1S/C14H21NO4/c1-4-15-14(2,13(16)17)8-9-19-12-7-5-6-11(10-12)18-3/h5-7,10,15H,4,8-9H2,1-3H3,(H,16,17). The lowest BCUT2D eigenvalue weighted by molar-refractivity contribution is -0.144. The Morgan fingerprint density at radius 2 is 2.11 bits per heavy atom. The molecule has 19 heavy (non-hydrogen) atoms. The fourth-order valence-corrected chi connectivity index (χ4v) is 1.73. The molecule has 5 nitrogen and oxygen atoms in total. The lowest BCUT2D eigenvalue weighted by atomic mass is 9.98. The number of benzene rings is 1. The van der Waals surface area contributed by atoms with Crippen molar-refractivity contribution in [2.24, 2.45) is 0 Å². The van der Waals surface area contributed by atoms with Gasteiger partial charge < -0.3 is 19.9 Å². The lowest BCUT2D eigenvalue weighted by Gasteiger charge is -2.25. The molecule has 0 heterocycles. The molecule has 0 saturated heterocycles. The molecule has 0 saturated carbocycles. The van der Waals surface area contributed by atoms with Crippen LogP contribution in [0.5, 0.6) is 11.5 Å². The SMILES string of the molecule is CCNC(C)(CCOc1cccc(OC)c1)C(=O)O.